The Morgan fingerprint density at radius 2 is 0.877 bits per heavy atom. The maximum absolute atomic E-state index is 14.0. The van der Waals surface area contributed by atoms with Gasteiger partial charge in [-0.1, -0.05) is 52.0 Å². The van der Waals surface area contributed by atoms with Crippen molar-refractivity contribution in [3.63, 3.8) is 0 Å². The molecule has 0 saturated carbocycles. The van der Waals surface area contributed by atoms with E-state index in [0.29, 0.717) is 17.5 Å². The van der Waals surface area contributed by atoms with Crippen LogP contribution in [-0.2, 0) is 94.3 Å². The van der Waals surface area contributed by atoms with Crippen molar-refractivity contribution in [2.24, 2.45) is 17.6 Å². The lowest BCUT2D eigenvalue weighted by Crippen LogP contribution is -2.61. The molecule has 1 aliphatic rings. The van der Waals surface area contributed by atoms with E-state index in [2.05, 4.69) is 94.4 Å². The van der Waals surface area contributed by atoms with Gasteiger partial charge in [0.15, 0.2) is 0 Å². The number of carboxylic acid groups (broad SMARTS) is 3. The first-order chi connectivity index (χ1) is 49.8. The van der Waals surface area contributed by atoms with Crippen molar-refractivity contribution >= 4 is 126 Å². The molecule has 2 aromatic carbocycles. The van der Waals surface area contributed by atoms with E-state index in [0.717, 1.165) is 4.90 Å². The fraction of sp³-hybridized carbons (Fsp3) is 0.554. The molecule has 0 aliphatic carbocycles. The maximum Gasteiger partial charge on any atom is 0.326 e. The summed E-state index contributed by atoms with van der Waals surface area (Å²) in [5.41, 5.74) is 6.32. The standard InChI is InChI=1S/C65H95N15O24S2/c1-30(2)52(63(101)72-39(18-20-50(90)91)56(94)76-44(29-106)60(98)74-41(23-35-11-15-37(84)16-12-35)57(95)75-42(27-81)58(96)79-53(31(3)4)65(103)104)78-48(87)25-67-46(85)24-68-54(92)40(22-34-9-13-36(83)14-10-34)73-55(93)38(17-19-49(88)89)71-47(86)26-69-61(99)45-8-7-21-80(45)64(102)32(5)70-59(97)43(28-105)77-62(100)51(66)33(6)82/h9-16,30-33,38-45,51-53,81-84,105-106H,7-8,17-29,66H2,1-6H3,(H,67,85)(H,68,92)(H,69,99)(H,70,97)(H,71,86)(H,72,101)(H,73,93)(H,74,98)(H,75,95)(H,76,94)(H,77,100)(H,78,87)(H,79,96)(H,88,89)(H,90,91)(H,103,104)/t32-,33+,38-,39-,40-,41-,42-,43-,44-,45-,51-,52-,53-/m0/s1. The van der Waals surface area contributed by atoms with Crippen LogP contribution in [0.4, 0.5) is 0 Å². The zero-order valence-corrected chi connectivity index (χ0v) is 60.7. The van der Waals surface area contributed by atoms with Gasteiger partial charge in [-0.15, -0.1) is 0 Å². The average Bonchev–Trinajstić information content (AvgIpc) is 1.74. The maximum atomic E-state index is 14.0. The van der Waals surface area contributed by atoms with Crippen LogP contribution in [0.25, 0.3) is 0 Å². The lowest BCUT2D eigenvalue weighted by atomic mass is 10.0. The van der Waals surface area contributed by atoms with Crippen molar-refractivity contribution in [3.05, 3.63) is 59.7 Å². The second-order valence-electron chi connectivity index (χ2n) is 25.4. The Kier molecular flexibility index (Phi) is 37.6. The van der Waals surface area contributed by atoms with Gasteiger partial charge in [0.1, 0.15) is 84.0 Å². The fourth-order valence-corrected chi connectivity index (χ4v) is 10.7. The third kappa shape index (κ3) is 30.4. The van der Waals surface area contributed by atoms with E-state index in [1.807, 2.05) is 0 Å². The molecule has 2 aromatic rings. The van der Waals surface area contributed by atoms with E-state index >= 15 is 0 Å². The number of carbonyl (C=O) groups excluding carboxylic acids is 14. The van der Waals surface area contributed by atoms with Crippen LogP contribution in [0.2, 0.25) is 0 Å². The molecule has 22 N–H and O–H groups in total. The third-order valence-electron chi connectivity index (χ3n) is 16.2. The number of carboxylic acids is 3. The Morgan fingerprint density at radius 3 is 1.35 bits per heavy atom. The van der Waals surface area contributed by atoms with Gasteiger partial charge < -0.3 is 115 Å². The minimum absolute atomic E-state index is 0.0619. The molecule has 0 bridgehead atoms. The summed E-state index contributed by atoms with van der Waals surface area (Å²) in [5.74, 6) is -20.5. The summed E-state index contributed by atoms with van der Waals surface area (Å²) < 4.78 is 0. The lowest BCUT2D eigenvalue weighted by Gasteiger charge is -2.28. The van der Waals surface area contributed by atoms with E-state index in [9.17, 15) is 117 Å². The summed E-state index contributed by atoms with van der Waals surface area (Å²) in [4.78, 5) is 225. The molecule has 39 nitrogen and oxygen atoms in total. The van der Waals surface area contributed by atoms with E-state index < -0.39 is 249 Å². The van der Waals surface area contributed by atoms with Crippen molar-refractivity contribution in [2.45, 2.75) is 172 Å². The summed E-state index contributed by atoms with van der Waals surface area (Å²) >= 11 is 8.24. The molecular weight excluding hydrogens is 1440 g/mol. The molecule has 13 atom stereocenters. The molecular formula is C65H95N15O24S2. The molecule has 41 heteroatoms. The summed E-state index contributed by atoms with van der Waals surface area (Å²) in [5, 5.41) is 98.6. The zero-order chi connectivity index (χ0) is 79.8. The number of phenolic OH excluding ortho intramolecular Hbond substituents is 2. The molecule has 3 rings (SSSR count). The molecule has 14 amide bonds. The van der Waals surface area contributed by atoms with Crippen LogP contribution in [0.1, 0.15) is 91.2 Å². The number of thiol groups is 2. The van der Waals surface area contributed by atoms with Gasteiger partial charge in [-0.25, -0.2) is 4.79 Å². The van der Waals surface area contributed by atoms with Crippen LogP contribution in [0, 0.1) is 11.8 Å². The monoisotopic (exact) mass is 1530 g/mol. The number of nitrogens with two attached hydrogens (primary N) is 1. The second kappa shape index (κ2) is 44.4. The largest absolute Gasteiger partial charge is 0.508 e. The number of rotatable bonds is 44. The van der Waals surface area contributed by atoms with Crippen molar-refractivity contribution in [3.8, 4) is 11.5 Å². The highest BCUT2D eigenvalue weighted by Crippen LogP contribution is 2.20. The van der Waals surface area contributed by atoms with Gasteiger partial charge in [-0.2, -0.15) is 25.3 Å². The average molecular weight is 1530 g/mol. The molecule has 0 unspecified atom stereocenters. The smallest absolute Gasteiger partial charge is 0.326 e. The number of aliphatic hydroxyl groups excluding tert-OH is 2. The Balaban J connectivity index is 1.70. The molecule has 0 spiro atoms. The minimum atomic E-state index is -1.73. The first kappa shape index (κ1) is 89.8. The molecule has 586 valence electrons. The number of hydrogen-bond donors (Lipinski definition) is 23. The van der Waals surface area contributed by atoms with Crippen LogP contribution in [0.3, 0.4) is 0 Å². The normalized spacial score (nSPS) is 15.9. The predicted octanol–water partition coefficient (Wildman–Crippen LogP) is -7.22. The fourth-order valence-electron chi connectivity index (χ4n) is 10.2. The third-order valence-corrected chi connectivity index (χ3v) is 17.0. The van der Waals surface area contributed by atoms with Crippen LogP contribution >= 0.6 is 25.3 Å². The van der Waals surface area contributed by atoms with Gasteiger partial charge in [0.25, 0.3) is 0 Å². The van der Waals surface area contributed by atoms with Gasteiger partial charge in [-0.3, -0.25) is 76.7 Å². The molecule has 1 saturated heterocycles. The topological polar surface area (TPSA) is 617 Å². The number of carbonyl (C=O) groups is 17. The van der Waals surface area contributed by atoms with Crippen LogP contribution in [-0.4, -0.2) is 264 Å². The Bertz CT molecular complexity index is 3460. The molecule has 0 radical (unpaired) electrons. The van der Waals surface area contributed by atoms with E-state index in [4.69, 9.17) is 5.73 Å². The molecule has 1 heterocycles. The first-order valence-corrected chi connectivity index (χ1v) is 34.7. The highest BCUT2D eigenvalue weighted by atomic mass is 32.1. The number of benzene rings is 2. The molecule has 1 aliphatic heterocycles. The summed E-state index contributed by atoms with van der Waals surface area (Å²) in [6, 6.07) is -7.36. The lowest BCUT2D eigenvalue weighted by molar-refractivity contribution is -0.144. The highest BCUT2D eigenvalue weighted by Gasteiger charge is 2.39. The summed E-state index contributed by atoms with van der Waals surface area (Å²) in [6.07, 6.45) is -4.06. The van der Waals surface area contributed by atoms with E-state index in [-0.39, 0.29) is 43.1 Å². The number of likely N-dealkylation sites (tertiary alicyclic amines) is 1. The Hall–Kier alpha value is -10.4. The summed E-state index contributed by atoms with van der Waals surface area (Å²) in [7, 11) is 0. The molecule has 0 aromatic heterocycles. The predicted molar refractivity (Wildman–Crippen MR) is 378 cm³/mol. The molecule has 1 fully saturated rings. The van der Waals surface area contributed by atoms with Crippen LogP contribution in [0.15, 0.2) is 48.5 Å². The van der Waals surface area contributed by atoms with Gasteiger partial charge in [0.05, 0.1) is 32.3 Å². The number of aliphatic hydroxyl groups is 2. The van der Waals surface area contributed by atoms with Crippen molar-refractivity contribution in [1.29, 1.82) is 0 Å². The number of aromatic hydroxyl groups is 2. The van der Waals surface area contributed by atoms with Gasteiger partial charge in [0.2, 0.25) is 82.7 Å². The minimum Gasteiger partial charge on any atom is -0.508 e. The zero-order valence-electron chi connectivity index (χ0n) is 58.9. The van der Waals surface area contributed by atoms with Crippen molar-refractivity contribution in [1.82, 2.24) is 74.0 Å². The highest BCUT2D eigenvalue weighted by molar-refractivity contribution is 7.80. The van der Waals surface area contributed by atoms with Crippen molar-refractivity contribution < 1.29 is 117 Å². The van der Waals surface area contributed by atoms with Crippen LogP contribution in [0.5, 0.6) is 11.5 Å². The number of phenols is 2. The van der Waals surface area contributed by atoms with Crippen LogP contribution < -0.4 is 74.9 Å². The summed E-state index contributed by atoms with van der Waals surface area (Å²) in [6.45, 7) is 5.04. The SMILES string of the molecule is CC(C)[C@H](NC(=O)[C@H](CO)NC(=O)[C@H](Cc1ccc(O)cc1)NC(=O)[C@H](CS)NC(=O)[C@H](CCC(=O)O)NC(=O)[C@@H](NC(=O)CNC(=O)CNC(=O)[C@H](Cc1ccc(O)cc1)NC(=O)[C@H](CCC(=O)O)NC(=O)CNC(=O)[C@@H]1CCCN1C(=O)[C@H](C)NC(=O)[C@H](CS)NC(=O)[C@@H](N)[C@@H](C)O)C(C)C)C(=O)O. The first-order valence-electron chi connectivity index (χ1n) is 33.4. The quantitative estimate of drug-likeness (QED) is 0.0274. The van der Waals surface area contributed by atoms with Crippen molar-refractivity contribution in [2.75, 3.05) is 44.3 Å². The Labute approximate surface area is 619 Å². The number of nitrogens with one attached hydrogen (secondary N) is 13. The van der Waals surface area contributed by atoms with Gasteiger partial charge >= 0.3 is 17.9 Å². The molecule has 106 heavy (non-hydrogen) atoms. The Morgan fingerprint density at radius 1 is 0.472 bits per heavy atom. The van der Waals surface area contributed by atoms with E-state index in [1.54, 1.807) is 0 Å². The van der Waals surface area contributed by atoms with Gasteiger partial charge in [0, 0.05) is 43.7 Å². The van der Waals surface area contributed by atoms with Gasteiger partial charge in [-0.05, 0) is 86.8 Å². The number of nitrogens with zero attached hydrogens (tertiary/aromatic N) is 1. The second-order valence-corrected chi connectivity index (χ2v) is 26.1. The number of amides is 14. The number of aliphatic carboxylic acids is 3. The number of hydrogen-bond acceptors (Lipinski definition) is 24. The van der Waals surface area contributed by atoms with E-state index in [1.165, 1.54) is 90.1 Å².